The zero-order chi connectivity index (χ0) is 14.4. The van der Waals surface area contributed by atoms with Crippen LogP contribution >= 0.6 is 0 Å². The molecule has 20 heavy (non-hydrogen) atoms. The molecule has 0 amide bonds. The highest BCUT2D eigenvalue weighted by molar-refractivity contribution is 5.08. The molecule has 3 nitrogen and oxygen atoms in total. The summed E-state index contributed by atoms with van der Waals surface area (Å²) >= 11 is 0. The molecule has 1 atom stereocenters. The maximum atomic E-state index is 10.2. The SMILES string of the molecule is CCC(CC)n1ccc(CC(O)CC2=CCCCC2)n1. The smallest absolute Gasteiger partial charge is 0.0650 e. The van der Waals surface area contributed by atoms with E-state index < -0.39 is 0 Å². The number of hydrogen-bond acceptors (Lipinski definition) is 2. The molecule has 0 aromatic carbocycles. The van der Waals surface area contributed by atoms with Gasteiger partial charge < -0.3 is 5.11 Å². The molecule has 112 valence electrons. The standard InChI is InChI=1S/C17H28N2O/c1-3-16(4-2)19-11-10-15(18-19)13-17(20)12-14-8-6-5-7-9-14/h8,10-11,16-17,20H,3-7,9,12-13H2,1-2H3. The molecule has 1 aliphatic carbocycles. The monoisotopic (exact) mass is 276 g/mol. The topological polar surface area (TPSA) is 38.0 Å². The lowest BCUT2D eigenvalue weighted by molar-refractivity contribution is 0.172. The Morgan fingerprint density at radius 2 is 2.05 bits per heavy atom. The van der Waals surface area contributed by atoms with Crippen molar-refractivity contribution in [2.45, 2.75) is 77.4 Å². The van der Waals surface area contributed by atoms with Crippen LogP contribution in [0.4, 0.5) is 0 Å². The predicted molar refractivity (Wildman–Crippen MR) is 82.7 cm³/mol. The summed E-state index contributed by atoms with van der Waals surface area (Å²) in [7, 11) is 0. The van der Waals surface area contributed by atoms with Crippen LogP contribution in [0.1, 0.15) is 70.5 Å². The number of aliphatic hydroxyl groups is 1. The number of allylic oxidation sites excluding steroid dienone is 1. The van der Waals surface area contributed by atoms with Gasteiger partial charge in [0.2, 0.25) is 0 Å². The summed E-state index contributed by atoms with van der Waals surface area (Å²) in [5.41, 5.74) is 2.45. The largest absolute Gasteiger partial charge is 0.392 e. The van der Waals surface area contributed by atoms with Crippen molar-refractivity contribution in [1.82, 2.24) is 9.78 Å². The minimum atomic E-state index is -0.288. The minimum absolute atomic E-state index is 0.288. The van der Waals surface area contributed by atoms with E-state index in [1.165, 1.54) is 31.3 Å². The van der Waals surface area contributed by atoms with Crippen LogP contribution in [0.5, 0.6) is 0 Å². The van der Waals surface area contributed by atoms with Gasteiger partial charge in [-0.2, -0.15) is 5.10 Å². The summed E-state index contributed by atoms with van der Waals surface area (Å²) in [6, 6.07) is 2.54. The van der Waals surface area contributed by atoms with Gasteiger partial charge in [0.05, 0.1) is 17.8 Å². The average Bonchev–Trinajstić information content (AvgIpc) is 2.89. The van der Waals surface area contributed by atoms with Crippen LogP contribution in [0.25, 0.3) is 0 Å². The van der Waals surface area contributed by atoms with Crippen molar-refractivity contribution in [3.05, 3.63) is 29.6 Å². The molecule has 0 saturated carbocycles. The van der Waals surface area contributed by atoms with E-state index in [1.54, 1.807) is 0 Å². The fourth-order valence-electron chi connectivity index (χ4n) is 3.06. The van der Waals surface area contributed by atoms with Crippen molar-refractivity contribution in [1.29, 1.82) is 0 Å². The van der Waals surface area contributed by atoms with Gasteiger partial charge in [0.1, 0.15) is 0 Å². The van der Waals surface area contributed by atoms with Gasteiger partial charge in [-0.05, 0) is 51.0 Å². The summed E-state index contributed by atoms with van der Waals surface area (Å²) in [6.45, 7) is 4.39. The Bertz CT molecular complexity index is 432. The van der Waals surface area contributed by atoms with Gasteiger partial charge in [0.15, 0.2) is 0 Å². The number of hydrogen-bond donors (Lipinski definition) is 1. The number of aromatic nitrogens is 2. The molecule has 3 heteroatoms. The van der Waals surface area contributed by atoms with E-state index in [0.29, 0.717) is 12.5 Å². The maximum absolute atomic E-state index is 10.2. The van der Waals surface area contributed by atoms with Crippen LogP contribution in [0.15, 0.2) is 23.9 Å². The van der Waals surface area contributed by atoms with Gasteiger partial charge in [0.25, 0.3) is 0 Å². The molecular formula is C17H28N2O. The molecule has 2 rings (SSSR count). The van der Waals surface area contributed by atoms with E-state index in [2.05, 4.69) is 42.0 Å². The predicted octanol–water partition coefficient (Wildman–Crippen LogP) is 4.04. The Morgan fingerprint density at radius 1 is 1.25 bits per heavy atom. The second-order valence-electron chi connectivity index (χ2n) is 5.93. The highest BCUT2D eigenvalue weighted by Crippen LogP contribution is 2.22. The molecule has 1 heterocycles. The minimum Gasteiger partial charge on any atom is -0.392 e. The summed E-state index contributed by atoms with van der Waals surface area (Å²) in [5, 5.41) is 14.8. The average molecular weight is 276 g/mol. The molecule has 0 fully saturated rings. The molecule has 1 aromatic rings. The molecule has 1 unspecified atom stereocenters. The molecule has 0 radical (unpaired) electrons. The first-order valence-corrected chi connectivity index (χ1v) is 8.13. The molecule has 0 saturated heterocycles. The summed E-state index contributed by atoms with van der Waals surface area (Å²) in [6.07, 6.45) is 12.7. The van der Waals surface area contributed by atoms with Gasteiger partial charge in [-0.25, -0.2) is 0 Å². The second-order valence-corrected chi connectivity index (χ2v) is 5.93. The molecule has 0 spiro atoms. The van der Waals surface area contributed by atoms with E-state index in [0.717, 1.165) is 25.0 Å². The van der Waals surface area contributed by atoms with Crippen LogP contribution in [0.3, 0.4) is 0 Å². The Morgan fingerprint density at radius 3 is 2.70 bits per heavy atom. The summed E-state index contributed by atoms with van der Waals surface area (Å²) in [4.78, 5) is 0. The Kier molecular flexibility index (Phi) is 5.84. The fourth-order valence-corrected chi connectivity index (χ4v) is 3.06. The Hall–Kier alpha value is -1.09. The Balaban J connectivity index is 1.87. The van der Waals surface area contributed by atoms with Gasteiger partial charge in [0, 0.05) is 12.6 Å². The van der Waals surface area contributed by atoms with Crippen LogP contribution in [-0.4, -0.2) is 21.0 Å². The first kappa shape index (κ1) is 15.3. The van der Waals surface area contributed by atoms with Gasteiger partial charge in [-0.3, -0.25) is 4.68 Å². The van der Waals surface area contributed by atoms with E-state index in [-0.39, 0.29) is 6.10 Å². The highest BCUT2D eigenvalue weighted by Gasteiger charge is 2.14. The van der Waals surface area contributed by atoms with E-state index in [1.807, 2.05) is 0 Å². The third kappa shape index (κ3) is 4.20. The molecule has 0 aliphatic heterocycles. The lowest BCUT2D eigenvalue weighted by atomic mass is 9.94. The van der Waals surface area contributed by atoms with Crippen LogP contribution in [0.2, 0.25) is 0 Å². The van der Waals surface area contributed by atoms with Gasteiger partial charge in [-0.15, -0.1) is 0 Å². The molecule has 1 N–H and O–H groups in total. The number of rotatable bonds is 7. The van der Waals surface area contributed by atoms with Crippen LogP contribution < -0.4 is 0 Å². The van der Waals surface area contributed by atoms with Gasteiger partial charge >= 0.3 is 0 Å². The zero-order valence-electron chi connectivity index (χ0n) is 12.9. The van der Waals surface area contributed by atoms with Crippen molar-refractivity contribution < 1.29 is 5.11 Å². The summed E-state index contributed by atoms with van der Waals surface area (Å²) < 4.78 is 2.06. The maximum Gasteiger partial charge on any atom is 0.0650 e. The third-order valence-corrected chi connectivity index (χ3v) is 4.31. The quantitative estimate of drug-likeness (QED) is 0.763. The first-order chi connectivity index (χ1) is 9.72. The van der Waals surface area contributed by atoms with Crippen molar-refractivity contribution in [2.75, 3.05) is 0 Å². The lowest BCUT2D eigenvalue weighted by Crippen LogP contribution is -2.14. The Labute approximate surface area is 122 Å². The highest BCUT2D eigenvalue weighted by atomic mass is 16.3. The normalized spacial score (nSPS) is 17.3. The molecular weight excluding hydrogens is 248 g/mol. The number of nitrogens with zero attached hydrogens (tertiary/aromatic N) is 2. The fraction of sp³-hybridized carbons (Fsp3) is 0.706. The van der Waals surface area contributed by atoms with Crippen LogP contribution in [-0.2, 0) is 6.42 Å². The lowest BCUT2D eigenvalue weighted by Gasteiger charge is -2.16. The molecule has 1 aromatic heterocycles. The van der Waals surface area contributed by atoms with E-state index >= 15 is 0 Å². The van der Waals surface area contributed by atoms with Gasteiger partial charge in [-0.1, -0.05) is 25.5 Å². The third-order valence-electron chi connectivity index (χ3n) is 4.31. The number of aliphatic hydroxyl groups excluding tert-OH is 1. The van der Waals surface area contributed by atoms with E-state index in [9.17, 15) is 5.11 Å². The first-order valence-electron chi connectivity index (χ1n) is 8.13. The second kappa shape index (κ2) is 7.63. The van der Waals surface area contributed by atoms with Crippen molar-refractivity contribution in [3.63, 3.8) is 0 Å². The van der Waals surface area contributed by atoms with E-state index in [4.69, 9.17) is 0 Å². The molecule has 0 bridgehead atoms. The van der Waals surface area contributed by atoms with Crippen molar-refractivity contribution in [3.8, 4) is 0 Å². The summed E-state index contributed by atoms with van der Waals surface area (Å²) in [5.74, 6) is 0. The zero-order valence-corrected chi connectivity index (χ0v) is 12.9. The molecule has 1 aliphatic rings. The van der Waals surface area contributed by atoms with Crippen molar-refractivity contribution >= 4 is 0 Å². The van der Waals surface area contributed by atoms with Crippen molar-refractivity contribution in [2.24, 2.45) is 0 Å². The van der Waals surface area contributed by atoms with Crippen LogP contribution in [0, 0.1) is 0 Å².